The van der Waals surface area contributed by atoms with Crippen molar-refractivity contribution in [1.82, 2.24) is 19.7 Å². The van der Waals surface area contributed by atoms with Crippen LogP contribution in [0.3, 0.4) is 0 Å². The zero-order valence-corrected chi connectivity index (χ0v) is 20.8. The van der Waals surface area contributed by atoms with Gasteiger partial charge in [-0.2, -0.15) is 0 Å². The molecule has 186 valence electrons. The molecular weight excluding hydrogens is 438 g/mol. The average Bonchev–Trinajstić information content (AvgIpc) is 2.92. The standard InChI is InChI=1S/C28H37N5O2/c1-2-27(34)31-15-9-23(10-16-31)30-24-7-13-29-26(19-24)28(35)32-17-11-25(12-18-32)33-14-8-21-5-3-4-6-22(21)20-33/h3-7,13,19,23,25H,2,8-12,14-18,20H2,1H3,(H,29,30). The largest absolute Gasteiger partial charge is 0.382 e. The number of rotatable bonds is 5. The monoisotopic (exact) mass is 475 g/mol. The lowest BCUT2D eigenvalue weighted by molar-refractivity contribution is -0.131. The molecule has 1 aromatic carbocycles. The van der Waals surface area contributed by atoms with Gasteiger partial charge < -0.3 is 15.1 Å². The lowest BCUT2D eigenvalue weighted by Crippen LogP contribution is -2.48. The molecule has 4 heterocycles. The summed E-state index contributed by atoms with van der Waals surface area (Å²) in [6.45, 7) is 7.19. The van der Waals surface area contributed by atoms with Gasteiger partial charge in [-0.1, -0.05) is 31.2 Å². The highest BCUT2D eigenvalue weighted by atomic mass is 16.2. The molecular formula is C28H37N5O2. The highest BCUT2D eigenvalue weighted by molar-refractivity contribution is 5.93. The Balaban J connectivity index is 1.13. The van der Waals surface area contributed by atoms with Crippen molar-refractivity contribution in [2.75, 3.05) is 38.0 Å². The minimum atomic E-state index is 0.0273. The molecule has 3 aliphatic heterocycles. The zero-order valence-electron chi connectivity index (χ0n) is 20.8. The van der Waals surface area contributed by atoms with Crippen LogP contribution in [0.4, 0.5) is 5.69 Å². The summed E-state index contributed by atoms with van der Waals surface area (Å²) in [7, 11) is 0. The number of nitrogens with one attached hydrogen (secondary N) is 1. The molecule has 2 aromatic rings. The Morgan fingerprint density at radius 1 is 0.943 bits per heavy atom. The molecule has 0 saturated carbocycles. The highest BCUT2D eigenvalue weighted by Gasteiger charge is 2.30. The predicted molar refractivity (Wildman–Crippen MR) is 137 cm³/mol. The quantitative estimate of drug-likeness (QED) is 0.716. The maximum Gasteiger partial charge on any atom is 0.272 e. The Labute approximate surface area is 208 Å². The first-order chi connectivity index (χ1) is 17.1. The summed E-state index contributed by atoms with van der Waals surface area (Å²) in [5, 5.41) is 3.56. The number of piperidine rings is 2. The van der Waals surface area contributed by atoms with Crippen molar-refractivity contribution >= 4 is 17.5 Å². The number of carbonyl (C=O) groups excluding carboxylic acids is 2. The normalized spacial score (nSPS) is 19.9. The third kappa shape index (κ3) is 5.50. The maximum atomic E-state index is 13.2. The molecule has 2 fully saturated rings. The van der Waals surface area contributed by atoms with E-state index in [1.807, 2.05) is 28.9 Å². The first kappa shape index (κ1) is 23.8. The van der Waals surface area contributed by atoms with Gasteiger partial charge in [-0.05, 0) is 55.4 Å². The zero-order chi connectivity index (χ0) is 24.2. The number of hydrogen-bond acceptors (Lipinski definition) is 5. The first-order valence-corrected chi connectivity index (χ1v) is 13.2. The van der Waals surface area contributed by atoms with Crippen molar-refractivity contribution in [3.05, 3.63) is 59.4 Å². The van der Waals surface area contributed by atoms with Gasteiger partial charge in [0.05, 0.1) is 0 Å². The second kappa shape index (κ2) is 10.8. The summed E-state index contributed by atoms with van der Waals surface area (Å²) in [5.41, 5.74) is 4.38. The van der Waals surface area contributed by atoms with Crippen LogP contribution < -0.4 is 5.32 Å². The number of carbonyl (C=O) groups is 2. The van der Waals surface area contributed by atoms with Crippen molar-refractivity contribution in [1.29, 1.82) is 0 Å². The molecule has 1 aromatic heterocycles. The van der Waals surface area contributed by atoms with Crippen LogP contribution in [-0.4, -0.2) is 76.3 Å². The second-order valence-electron chi connectivity index (χ2n) is 10.1. The fourth-order valence-electron chi connectivity index (χ4n) is 5.80. The van der Waals surface area contributed by atoms with E-state index in [1.165, 1.54) is 11.1 Å². The Kier molecular flexibility index (Phi) is 7.32. The van der Waals surface area contributed by atoms with E-state index >= 15 is 0 Å². The molecule has 0 unspecified atom stereocenters. The molecule has 7 heteroatoms. The molecule has 0 bridgehead atoms. The molecule has 7 nitrogen and oxygen atoms in total. The maximum absolute atomic E-state index is 13.2. The summed E-state index contributed by atoms with van der Waals surface area (Å²) in [6.07, 6.45) is 7.28. The molecule has 35 heavy (non-hydrogen) atoms. The topological polar surface area (TPSA) is 68.8 Å². The summed E-state index contributed by atoms with van der Waals surface area (Å²) in [5.74, 6) is 0.258. The summed E-state index contributed by atoms with van der Waals surface area (Å²) in [4.78, 5) is 36.0. The summed E-state index contributed by atoms with van der Waals surface area (Å²) < 4.78 is 0. The van der Waals surface area contributed by atoms with Crippen LogP contribution in [0, 0.1) is 0 Å². The van der Waals surface area contributed by atoms with Gasteiger partial charge in [0.25, 0.3) is 5.91 Å². The third-order valence-corrected chi connectivity index (χ3v) is 7.93. The van der Waals surface area contributed by atoms with Gasteiger partial charge >= 0.3 is 0 Å². The average molecular weight is 476 g/mol. The van der Waals surface area contributed by atoms with E-state index in [-0.39, 0.29) is 11.8 Å². The molecule has 0 spiro atoms. The van der Waals surface area contributed by atoms with Crippen LogP contribution in [0.1, 0.15) is 60.6 Å². The Morgan fingerprint density at radius 3 is 2.40 bits per heavy atom. The van der Waals surface area contributed by atoms with Gasteiger partial charge in [0.15, 0.2) is 0 Å². The lowest BCUT2D eigenvalue weighted by atomic mass is 9.95. The summed E-state index contributed by atoms with van der Waals surface area (Å²) in [6, 6.07) is 13.4. The van der Waals surface area contributed by atoms with Crippen molar-refractivity contribution < 1.29 is 9.59 Å². The molecule has 1 N–H and O–H groups in total. The number of aromatic nitrogens is 1. The van der Waals surface area contributed by atoms with E-state index in [0.717, 1.165) is 77.1 Å². The first-order valence-electron chi connectivity index (χ1n) is 13.2. The Morgan fingerprint density at radius 2 is 1.66 bits per heavy atom. The number of benzene rings is 1. The van der Waals surface area contributed by atoms with Crippen molar-refractivity contribution in [3.8, 4) is 0 Å². The number of pyridine rings is 1. The lowest BCUT2D eigenvalue weighted by Gasteiger charge is -2.40. The van der Waals surface area contributed by atoms with E-state index in [0.29, 0.717) is 24.2 Å². The fraction of sp³-hybridized carbons (Fsp3) is 0.536. The Bertz CT molecular complexity index is 1040. The van der Waals surface area contributed by atoms with E-state index in [4.69, 9.17) is 0 Å². The minimum Gasteiger partial charge on any atom is -0.382 e. The van der Waals surface area contributed by atoms with Crippen molar-refractivity contribution in [2.24, 2.45) is 0 Å². The highest BCUT2D eigenvalue weighted by Crippen LogP contribution is 2.26. The smallest absolute Gasteiger partial charge is 0.272 e. The molecule has 2 amide bonds. The number of fused-ring (bicyclic) bond motifs is 1. The molecule has 0 radical (unpaired) electrons. The molecule has 0 atom stereocenters. The molecule has 2 saturated heterocycles. The fourth-order valence-corrected chi connectivity index (χ4v) is 5.80. The van der Waals surface area contributed by atoms with E-state index in [1.54, 1.807) is 6.20 Å². The number of hydrogen-bond donors (Lipinski definition) is 1. The van der Waals surface area contributed by atoms with E-state index in [2.05, 4.69) is 39.5 Å². The van der Waals surface area contributed by atoms with Crippen LogP contribution in [0.5, 0.6) is 0 Å². The van der Waals surface area contributed by atoms with Crippen molar-refractivity contribution in [2.45, 2.75) is 64.1 Å². The van der Waals surface area contributed by atoms with Crippen LogP contribution in [0.2, 0.25) is 0 Å². The van der Waals surface area contributed by atoms with Gasteiger partial charge in [0, 0.05) is 69.7 Å². The van der Waals surface area contributed by atoms with E-state index in [9.17, 15) is 9.59 Å². The third-order valence-electron chi connectivity index (χ3n) is 7.93. The van der Waals surface area contributed by atoms with Crippen LogP contribution >= 0.6 is 0 Å². The second-order valence-corrected chi connectivity index (χ2v) is 10.1. The summed E-state index contributed by atoms with van der Waals surface area (Å²) >= 11 is 0. The van der Waals surface area contributed by atoms with E-state index < -0.39 is 0 Å². The molecule has 0 aliphatic carbocycles. The Hall–Kier alpha value is -2.93. The number of likely N-dealkylation sites (tertiary alicyclic amines) is 2. The van der Waals surface area contributed by atoms with Crippen LogP contribution in [0.15, 0.2) is 42.6 Å². The number of anilines is 1. The van der Waals surface area contributed by atoms with Gasteiger partial charge in [-0.25, -0.2) is 0 Å². The predicted octanol–water partition coefficient (Wildman–Crippen LogP) is 3.56. The number of amides is 2. The van der Waals surface area contributed by atoms with Crippen molar-refractivity contribution in [3.63, 3.8) is 0 Å². The number of nitrogens with zero attached hydrogens (tertiary/aromatic N) is 4. The molecule has 5 rings (SSSR count). The van der Waals surface area contributed by atoms with Crippen LogP contribution in [-0.2, 0) is 17.8 Å². The van der Waals surface area contributed by atoms with Gasteiger partial charge in [-0.3, -0.25) is 19.5 Å². The van der Waals surface area contributed by atoms with Crippen LogP contribution in [0.25, 0.3) is 0 Å². The molecule has 3 aliphatic rings. The minimum absolute atomic E-state index is 0.0273. The SMILES string of the molecule is CCC(=O)N1CCC(Nc2ccnc(C(=O)N3CCC(N4CCc5ccccc5C4)CC3)c2)CC1. The van der Waals surface area contributed by atoms with Gasteiger partial charge in [0.1, 0.15) is 5.69 Å². The van der Waals surface area contributed by atoms with Gasteiger partial charge in [-0.15, -0.1) is 0 Å². The van der Waals surface area contributed by atoms with Gasteiger partial charge in [0.2, 0.25) is 5.91 Å².